The van der Waals surface area contributed by atoms with Crippen LogP contribution in [0.1, 0.15) is 28.1 Å². The van der Waals surface area contributed by atoms with E-state index in [0.29, 0.717) is 33.5 Å². The molecule has 37 heavy (non-hydrogen) atoms. The van der Waals surface area contributed by atoms with E-state index < -0.39 is 0 Å². The number of aromatic nitrogens is 5. The Morgan fingerprint density at radius 2 is 1.86 bits per heavy atom. The van der Waals surface area contributed by atoms with Gasteiger partial charge < -0.3 is 10.1 Å². The van der Waals surface area contributed by atoms with E-state index in [1.165, 1.54) is 29.2 Å². The van der Waals surface area contributed by atoms with Gasteiger partial charge in [0.2, 0.25) is 11.0 Å². The molecule has 0 atom stereocenters. The van der Waals surface area contributed by atoms with Crippen molar-refractivity contribution < 1.29 is 14.3 Å². The molecule has 192 valence electrons. The average molecular weight is 579 g/mol. The minimum atomic E-state index is -0.385. The lowest BCUT2D eigenvalue weighted by Gasteiger charge is -2.12. The fourth-order valence-corrected chi connectivity index (χ4v) is 5.06. The van der Waals surface area contributed by atoms with Crippen LogP contribution in [0.25, 0.3) is 5.69 Å². The highest BCUT2D eigenvalue weighted by Gasteiger charge is 2.18. The Bertz CT molecular complexity index is 1410. The Morgan fingerprint density at radius 3 is 2.54 bits per heavy atom. The number of halogens is 2. The van der Waals surface area contributed by atoms with Crippen LogP contribution in [0.5, 0.6) is 5.75 Å². The molecule has 2 heterocycles. The van der Waals surface area contributed by atoms with Crippen molar-refractivity contribution in [3.63, 3.8) is 0 Å². The zero-order valence-electron chi connectivity index (χ0n) is 19.7. The first kappa shape index (κ1) is 26.9. The van der Waals surface area contributed by atoms with Crippen molar-refractivity contribution in [3.8, 4) is 11.4 Å². The fourth-order valence-electron chi connectivity index (χ4n) is 3.19. The molecule has 2 aromatic heterocycles. The van der Waals surface area contributed by atoms with E-state index in [2.05, 4.69) is 31.0 Å². The highest BCUT2D eigenvalue weighted by molar-refractivity contribution is 7.99. The van der Waals surface area contributed by atoms with Gasteiger partial charge in [0, 0.05) is 10.7 Å². The van der Waals surface area contributed by atoms with Gasteiger partial charge in [-0.1, -0.05) is 46.3 Å². The summed E-state index contributed by atoms with van der Waals surface area (Å²) in [5.74, 6) is 0.608. The zero-order chi connectivity index (χ0) is 26.4. The predicted octanol–water partition coefficient (Wildman–Crippen LogP) is 4.79. The fraction of sp³-hybridized carbons (Fsp3) is 0.217. The zero-order valence-corrected chi connectivity index (χ0v) is 22.8. The van der Waals surface area contributed by atoms with Crippen molar-refractivity contribution in [2.75, 3.05) is 17.7 Å². The van der Waals surface area contributed by atoms with Crippen molar-refractivity contribution in [1.29, 1.82) is 0 Å². The number of hydrogen-bond acceptors (Lipinski definition) is 9. The summed E-state index contributed by atoms with van der Waals surface area (Å²) in [6.07, 6.45) is 0. The van der Waals surface area contributed by atoms with Gasteiger partial charge in [0.25, 0.3) is 5.91 Å². The molecule has 10 nitrogen and oxygen atoms in total. The van der Waals surface area contributed by atoms with Crippen LogP contribution < -0.4 is 15.4 Å². The summed E-state index contributed by atoms with van der Waals surface area (Å²) >= 11 is 14.6. The van der Waals surface area contributed by atoms with Crippen LogP contribution in [-0.2, 0) is 11.3 Å². The van der Waals surface area contributed by atoms with Crippen LogP contribution in [0.15, 0.2) is 47.6 Å². The molecule has 2 N–H and O–H groups in total. The van der Waals surface area contributed by atoms with E-state index in [1.54, 1.807) is 16.7 Å². The number of amides is 2. The largest absolute Gasteiger partial charge is 0.494 e. The lowest BCUT2D eigenvalue weighted by Crippen LogP contribution is -2.25. The number of ether oxygens (including phenoxy) is 1. The Hall–Kier alpha value is -3.19. The number of thioether (sulfide) groups is 1. The van der Waals surface area contributed by atoms with Crippen molar-refractivity contribution in [2.45, 2.75) is 25.5 Å². The molecule has 4 aromatic rings. The molecule has 0 aliphatic heterocycles. The van der Waals surface area contributed by atoms with Crippen LogP contribution in [0, 0.1) is 6.92 Å². The van der Waals surface area contributed by atoms with Gasteiger partial charge in [-0.15, -0.1) is 20.4 Å². The van der Waals surface area contributed by atoms with Gasteiger partial charge in [0.05, 0.1) is 29.5 Å². The van der Waals surface area contributed by atoms with Crippen molar-refractivity contribution in [2.24, 2.45) is 0 Å². The SMILES string of the molecule is CCOc1ccc(-n2c(CNC(=O)c3ccc(Cl)cc3Cl)nnc2SCC(=O)Nc2nnc(C)s2)cc1. The highest BCUT2D eigenvalue weighted by Crippen LogP contribution is 2.25. The predicted molar refractivity (Wildman–Crippen MR) is 144 cm³/mol. The van der Waals surface area contributed by atoms with E-state index in [1.807, 2.05) is 38.1 Å². The Balaban J connectivity index is 1.53. The van der Waals surface area contributed by atoms with Crippen molar-refractivity contribution in [3.05, 3.63) is 68.9 Å². The third-order valence-corrected chi connectivity index (χ3v) is 7.02. The maximum atomic E-state index is 12.7. The van der Waals surface area contributed by atoms with E-state index in [-0.39, 0.29) is 34.7 Å². The molecule has 0 aliphatic carbocycles. The van der Waals surface area contributed by atoms with Crippen LogP contribution in [-0.4, -0.2) is 49.1 Å². The number of carbonyl (C=O) groups is 2. The molecule has 0 spiro atoms. The minimum Gasteiger partial charge on any atom is -0.494 e. The van der Waals surface area contributed by atoms with Gasteiger partial charge in [-0.2, -0.15) is 0 Å². The Morgan fingerprint density at radius 1 is 1.08 bits per heavy atom. The first-order valence-corrected chi connectivity index (χ1v) is 13.5. The normalized spacial score (nSPS) is 10.8. The summed E-state index contributed by atoms with van der Waals surface area (Å²) in [6, 6.07) is 12.0. The third kappa shape index (κ3) is 6.98. The number of nitrogens with zero attached hydrogens (tertiary/aromatic N) is 5. The number of rotatable bonds is 10. The quantitative estimate of drug-likeness (QED) is 0.258. The molecule has 0 bridgehead atoms. The highest BCUT2D eigenvalue weighted by atomic mass is 35.5. The van der Waals surface area contributed by atoms with E-state index in [4.69, 9.17) is 27.9 Å². The van der Waals surface area contributed by atoms with Crippen molar-refractivity contribution in [1.82, 2.24) is 30.3 Å². The molecule has 0 aliphatic rings. The summed E-state index contributed by atoms with van der Waals surface area (Å²) in [5.41, 5.74) is 1.03. The van der Waals surface area contributed by atoms with E-state index in [9.17, 15) is 9.59 Å². The minimum absolute atomic E-state index is 0.0643. The third-order valence-electron chi connectivity index (χ3n) is 4.79. The summed E-state index contributed by atoms with van der Waals surface area (Å²) < 4.78 is 7.31. The van der Waals surface area contributed by atoms with Crippen LogP contribution in [0.2, 0.25) is 10.0 Å². The molecule has 14 heteroatoms. The second-order valence-corrected chi connectivity index (χ2v) is 10.4. The monoisotopic (exact) mass is 577 g/mol. The van der Waals surface area contributed by atoms with Gasteiger partial charge in [-0.3, -0.25) is 19.5 Å². The molecular formula is C23H21Cl2N7O3S2. The second kappa shape index (κ2) is 12.4. The van der Waals surface area contributed by atoms with Gasteiger partial charge in [0.15, 0.2) is 11.0 Å². The standard InChI is InChI=1S/C23H21Cl2N7O3S2/c1-3-35-16-7-5-15(6-8-16)32-19(11-26-21(34)17-9-4-14(24)10-18(17)25)29-31-23(32)36-12-20(33)27-22-30-28-13(2)37-22/h4-10H,3,11-12H2,1-2H3,(H,26,34)(H,27,30,33). The first-order chi connectivity index (χ1) is 17.8. The molecule has 0 saturated heterocycles. The molecule has 2 amide bonds. The lowest BCUT2D eigenvalue weighted by atomic mass is 10.2. The Labute approximate surface area is 230 Å². The molecule has 0 fully saturated rings. The summed E-state index contributed by atoms with van der Waals surface area (Å²) in [4.78, 5) is 25.2. The number of anilines is 1. The second-order valence-electron chi connectivity index (χ2n) is 7.43. The maximum Gasteiger partial charge on any atom is 0.253 e. The van der Waals surface area contributed by atoms with E-state index >= 15 is 0 Å². The van der Waals surface area contributed by atoms with Crippen LogP contribution in [0.4, 0.5) is 5.13 Å². The van der Waals surface area contributed by atoms with Gasteiger partial charge in [-0.25, -0.2) is 0 Å². The van der Waals surface area contributed by atoms with Gasteiger partial charge >= 0.3 is 0 Å². The molecular weight excluding hydrogens is 557 g/mol. The van der Waals surface area contributed by atoms with E-state index in [0.717, 1.165) is 10.7 Å². The maximum absolute atomic E-state index is 12.7. The molecule has 2 aromatic carbocycles. The topological polar surface area (TPSA) is 124 Å². The summed E-state index contributed by atoms with van der Waals surface area (Å²) in [7, 11) is 0. The number of aryl methyl sites for hydroxylation is 1. The number of hydrogen-bond donors (Lipinski definition) is 2. The van der Waals surface area contributed by atoms with Crippen molar-refractivity contribution >= 4 is 63.2 Å². The molecule has 4 rings (SSSR count). The number of nitrogens with one attached hydrogen (secondary N) is 2. The molecule has 0 unspecified atom stereocenters. The van der Waals surface area contributed by atoms with Crippen LogP contribution in [0.3, 0.4) is 0 Å². The smallest absolute Gasteiger partial charge is 0.253 e. The van der Waals surface area contributed by atoms with Crippen LogP contribution >= 0.6 is 46.3 Å². The molecule has 0 saturated carbocycles. The summed E-state index contributed by atoms with van der Waals surface area (Å²) in [6.45, 7) is 4.32. The number of benzene rings is 2. The lowest BCUT2D eigenvalue weighted by molar-refractivity contribution is -0.113. The Kier molecular flexibility index (Phi) is 8.98. The number of carbonyl (C=O) groups excluding carboxylic acids is 2. The van der Waals surface area contributed by atoms with Gasteiger partial charge in [0.1, 0.15) is 10.8 Å². The average Bonchev–Trinajstić information content (AvgIpc) is 3.47. The van der Waals surface area contributed by atoms with Gasteiger partial charge in [-0.05, 0) is 56.3 Å². The summed E-state index contributed by atoms with van der Waals surface area (Å²) in [5, 5.41) is 24.2. The molecule has 0 radical (unpaired) electrons. The first-order valence-electron chi connectivity index (χ1n) is 11.0.